The second-order valence-electron chi connectivity index (χ2n) is 5.02. The Bertz CT molecular complexity index is 475. The average Bonchev–Trinajstić information content (AvgIpc) is 2.73. The van der Waals surface area contributed by atoms with Crippen LogP contribution in [-0.2, 0) is 6.42 Å². The van der Waals surface area contributed by atoms with Gasteiger partial charge in [-0.2, -0.15) is 0 Å². The van der Waals surface area contributed by atoms with Crippen LogP contribution in [0.15, 0.2) is 29.3 Å². The first-order valence-electron chi connectivity index (χ1n) is 6.40. The van der Waals surface area contributed by atoms with Gasteiger partial charge in [0.2, 0.25) is 0 Å². The van der Waals surface area contributed by atoms with Crippen molar-refractivity contribution in [2.24, 2.45) is 4.99 Å². The Labute approximate surface area is 111 Å². The standard InChI is InChI=1S/C14H17NO2S/c16-10-5-6-11-13(8-10)18-14(15-11)7-9-3-1-2-4-12(9)17/h1-4,10-11,13,16-17H,5-8H2. The second kappa shape index (κ2) is 4.94. The van der Waals surface area contributed by atoms with Gasteiger partial charge >= 0.3 is 0 Å². The number of hydrogen-bond acceptors (Lipinski definition) is 4. The van der Waals surface area contributed by atoms with Crippen LogP contribution in [0.1, 0.15) is 24.8 Å². The molecule has 2 aliphatic rings. The third-order valence-corrected chi connectivity index (χ3v) is 4.99. The number of phenols is 1. The van der Waals surface area contributed by atoms with E-state index in [1.54, 1.807) is 17.8 Å². The molecule has 96 valence electrons. The van der Waals surface area contributed by atoms with E-state index in [0.29, 0.717) is 23.5 Å². The summed E-state index contributed by atoms with van der Waals surface area (Å²) in [4.78, 5) is 4.74. The van der Waals surface area contributed by atoms with E-state index in [4.69, 9.17) is 4.99 Å². The van der Waals surface area contributed by atoms with Gasteiger partial charge in [0.25, 0.3) is 0 Å². The lowest BCUT2D eigenvalue weighted by Gasteiger charge is -2.26. The Hall–Kier alpha value is -1.00. The summed E-state index contributed by atoms with van der Waals surface area (Å²) in [5, 5.41) is 21.0. The van der Waals surface area contributed by atoms with Gasteiger partial charge in [-0.3, -0.25) is 4.99 Å². The van der Waals surface area contributed by atoms with Crippen LogP contribution >= 0.6 is 11.8 Å². The highest BCUT2D eigenvalue weighted by Gasteiger charge is 2.35. The Morgan fingerprint density at radius 2 is 2.11 bits per heavy atom. The van der Waals surface area contributed by atoms with Crippen molar-refractivity contribution in [1.82, 2.24) is 0 Å². The Balaban J connectivity index is 1.70. The molecule has 3 unspecified atom stereocenters. The van der Waals surface area contributed by atoms with Crippen molar-refractivity contribution in [3.8, 4) is 5.75 Å². The minimum absolute atomic E-state index is 0.154. The highest BCUT2D eigenvalue weighted by Crippen LogP contribution is 2.38. The van der Waals surface area contributed by atoms with Gasteiger partial charge in [-0.05, 0) is 25.3 Å². The molecule has 1 aromatic rings. The number of aliphatic hydroxyl groups excluding tert-OH is 1. The fourth-order valence-corrected chi connectivity index (χ4v) is 4.12. The van der Waals surface area contributed by atoms with Crippen LogP contribution in [0.5, 0.6) is 5.75 Å². The Kier molecular flexibility index (Phi) is 3.31. The van der Waals surface area contributed by atoms with Gasteiger partial charge < -0.3 is 10.2 Å². The topological polar surface area (TPSA) is 52.8 Å². The van der Waals surface area contributed by atoms with Crippen LogP contribution in [0.3, 0.4) is 0 Å². The molecule has 2 N–H and O–H groups in total. The number of aliphatic imine (C=N–C) groups is 1. The van der Waals surface area contributed by atoms with E-state index in [1.165, 1.54) is 0 Å². The van der Waals surface area contributed by atoms with E-state index in [-0.39, 0.29) is 6.10 Å². The molecule has 0 amide bonds. The summed E-state index contributed by atoms with van der Waals surface area (Å²) in [6.07, 6.45) is 3.26. The monoisotopic (exact) mass is 263 g/mol. The molecule has 1 fully saturated rings. The van der Waals surface area contributed by atoms with Gasteiger partial charge in [0.15, 0.2) is 0 Å². The summed E-state index contributed by atoms with van der Waals surface area (Å²) in [5.74, 6) is 0.343. The third-order valence-electron chi connectivity index (χ3n) is 3.66. The maximum Gasteiger partial charge on any atom is 0.119 e. The molecule has 3 atom stereocenters. The van der Waals surface area contributed by atoms with Crippen molar-refractivity contribution in [3.05, 3.63) is 29.8 Å². The van der Waals surface area contributed by atoms with Gasteiger partial charge in [-0.15, -0.1) is 11.8 Å². The van der Waals surface area contributed by atoms with Gasteiger partial charge in [0.1, 0.15) is 5.75 Å². The first-order chi connectivity index (χ1) is 8.72. The van der Waals surface area contributed by atoms with E-state index < -0.39 is 0 Å². The minimum Gasteiger partial charge on any atom is -0.508 e. The molecule has 0 radical (unpaired) electrons. The van der Waals surface area contributed by atoms with Crippen LogP contribution in [0.4, 0.5) is 0 Å². The molecule has 1 saturated carbocycles. The van der Waals surface area contributed by atoms with Crippen LogP contribution in [0.25, 0.3) is 0 Å². The normalized spacial score (nSPS) is 30.9. The third kappa shape index (κ3) is 2.40. The van der Waals surface area contributed by atoms with Crippen LogP contribution in [0.2, 0.25) is 0 Å². The molecule has 1 aliphatic heterocycles. The number of nitrogens with zero attached hydrogens (tertiary/aromatic N) is 1. The molecular weight excluding hydrogens is 246 g/mol. The summed E-state index contributed by atoms with van der Waals surface area (Å²) in [6, 6.07) is 7.80. The largest absolute Gasteiger partial charge is 0.508 e. The molecule has 0 bridgehead atoms. The quantitative estimate of drug-likeness (QED) is 0.861. The van der Waals surface area contributed by atoms with Crippen molar-refractivity contribution in [3.63, 3.8) is 0 Å². The van der Waals surface area contributed by atoms with Crippen molar-refractivity contribution in [2.75, 3.05) is 0 Å². The van der Waals surface area contributed by atoms with Crippen LogP contribution < -0.4 is 0 Å². The van der Waals surface area contributed by atoms with Gasteiger partial charge in [-0.25, -0.2) is 0 Å². The predicted octanol–water partition coefficient (Wildman–Crippen LogP) is 2.36. The van der Waals surface area contributed by atoms with Gasteiger partial charge in [0, 0.05) is 17.2 Å². The molecule has 0 spiro atoms. The zero-order valence-corrected chi connectivity index (χ0v) is 10.9. The summed E-state index contributed by atoms with van der Waals surface area (Å²) < 4.78 is 0. The molecule has 0 saturated heterocycles. The highest BCUT2D eigenvalue weighted by molar-refractivity contribution is 8.14. The summed E-state index contributed by atoms with van der Waals surface area (Å²) >= 11 is 1.78. The number of phenolic OH excluding ortho intramolecular Hbond substituents is 1. The van der Waals surface area contributed by atoms with Gasteiger partial charge in [0.05, 0.1) is 17.2 Å². The molecule has 4 heteroatoms. The predicted molar refractivity (Wildman–Crippen MR) is 74.3 cm³/mol. The molecule has 3 rings (SSSR count). The van der Waals surface area contributed by atoms with E-state index in [9.17, 15) is 10.2 Å². The second-order valence-corrected chi connectivity index (χ2v) is 6.33. The fraction of sp³-hybridized carbons (Fsp3) is 0.500. The number of aromatic hydroxyl groups is 1. The molecule has 0 aromatic heterocycles. The molecule has 1 heterocycles. The Morgan fingerprint density at radius 3 is 2.94 bits per heavy atom. The molecule has 3 nitrogen and oxygen atoms in total. The lowest BCUT2D eigenvalue weighted by molar-refractivity contribution is 0.127. The van der Waals surface area contributed by atoms with E-state index in [0.717, 1.165) is 29.9 Å². The molecule has 1 aliphatic carbocycles. The maximum absolute atomic E-state index is 9.77. The van der Waals surface area contributed by atoms with Gasteiger partial charge in [-0.1, -0.05) is 18.2 Å². The zero-order valence-electron chi connectivity index (χ0n) is 10.1. The smallest absolute Gasteiger partial charge is 0.119 e. The number of aliphatic hydroxyl groups is 1. The summed E-state index contributed by atoms with van der Waals surface area (Å²) in [5.41, 5.74) is 0.933. The minimum atomic E-state index is -0.154. The van der Waals surface area contributed by atoms with Crippen molar-refractivity contribution >= 4 is 16.8 Å². The van der Waals surface area contributed by atoms with Crippen molar-refractivity contribution in [2.45, 2.75) is 43.1 Å². The zero-order chi connectivity index (χ0) is 12.5. The number of fused-ring (bicyclic) bond motifs is 1. The van der Waals surface area contributed by atoms with Crippen LogP contribution in [-0.4, -0.2) is 32.7 Å². The number of thioether (sulfide) groups is 1. The lowest BCUT2D eigenvalue weighted by atomic mass is 9.93. The summed E-state index contributed by atoms with van der Waals surface area (Å²) in [7, 11) is 0. The molecular formula is C14H17NO2S. The van der Waals surface area contributed by atoms with Crippen molar-refractivity contribution in [1.29, 1.82) is 0 Å². The van der Waals surface area contributed by atoms with E-state index >= 15 is 0 Å². The SMILES string of the molecule is Oc1ccccc1CC1=NC2CCC(O)CC2S1. The van der Waals surface area contributed by atoms with Crippen LogP contribution in [0, 0.1) is 0 Å². The first kappa shape index (κ1) is 12.1. The number of benzene rings is 1. The van der Waals surface area contributed by atoms with E-state index in [2.05, 4.69) is 0 Å². The highest BCUT2D eigenvalue weighted by atomic mass is 32.2. The molecule has 18 heavy (non-hydrogen) atoms. The summed E-state index contributed by atoms with van der Waals surface area (Å²) in [6.45, 7) is 0. The van der Waals surface area contributed by atoms with E-state index in [1.807, 2.05) is 18.2 Å². The average molecular weight is 263 g/mol. The maximum atomic E-state index is 9.77. The number of para-hydroxylation sites is 1. The number of hydrogen-bond donors (Lipinski definition) is 2. The lowest BCUT2D eigenvalue weighted by Crippen LogP contribution is -2.30. The number of rotatable bonds is 2. The Morgan fingerprint density at radius 1 is 1.28 bits per heavy atom. The van der Waals surface area contributed by atoms with Crippen molar-refractivity contribution < 1.29 is 10.2 Å². The fourth-order valence-electron chi connectivity index (χ4n) is 2.67. The first-order valence-corrected chi connectivity index (χ1v) is 7.28. The molecule has 1 aromatic carbocycles.